The average molecular weight is 312 g/mol. The lowest BCUT2D eigenvalue weighted by Gasteiger charge is -2.26. The molecule has 0 aliphatic heterocycles. The molecule has 0 unspecified atom stereocenters. The molecule has 8 nitrogen and oxygen atoms in total. The minimum atomic E-state index is -0.108. The standard InChI is InChI=1S/C14H28N6O2/c1-14(2,3)19-18-12-11(15)13(17-10-16-12)20(6-8-21-4)7-9-22-5/h10,19H,6-9,15H2,1-5H3,(H,16,17,18). The summed E-state index contributed by atoms with van der Waals surface area (Å²) in [6.45, 7) is 8.64. The maximum Gasteiger partial charge on any atom is 0.169 e. The summed E-state index contributed by atoms with van der Waals surface area (Å²) in [5.74, 6) is 1.22. The summed E-state index contributed by atoms with van der Waals surface area (Å²) in [6.07, 6.45) is 1.49. The van der Waals surface area contributed by atoms with Gasteiger partial charge in [0.15, 0.2) is 11.6 Å². The van der Waals surface area contributed by atoms with Crippen molar-refractivity contribution >= 4 is 17.3 Å². The number of rotatable bonds is 9. The van der Waals surface area contributed by atoms with Crippen molar-refractivity contribution in [3.63, 3.8) is 0 Å². The fraction of sp³-hybridized carbons (Fsp3) is 0.714. The average Bonchev–Trinajstić information content (AvgIpc) is 2.46. The Morgan fingerprint density at radius 1 is 1.14 bits per heavy atom. The van der Waals surface area contributed by atoms with Crippen molar-refractivity contribution in [2.45, 2.75) is 26.3 Å². The van der Waals surface area contributed by atoms with E-state index >= 15 is 0 Å². The molecule has 0 saturated heterocycles. The van der Waals surface area contributed by atoms with E-state index in [-0.39, 0.29) is 5.54 Å². The van der Waals surface area contributed by atoms with E-state index in [1.54, 1.807) is 14.2 Å². The number of aromatic nitrogens is 2. The van der Waals surface area contributed by atoms with Gasteiger partial charge in [0.2, 0.25) is 0 Å². The molecular formula is C14H28N6O2. The van der Waals surface area contributed by atoms with Crippen molar-refractivity contribution in [2.24, 2.45) is 0 Å². The first-order valence-electron chi connectivity index (χ1n) is 7.25. The Bertz CT molecular complexity index is 441. The highest BCUT2D eigenvalue weighted by molar-refractivity contribution is 5.74. The maximum absolute atomic E-state index is 6.21. The summed E-state index contributed by atoms with van der Waals surface area (Å²) in [7, 11) is 3.33. The van der Waals surface area contributed by atoms with E-state index in [1.165, 1.54) is 6.33 Å². The summed E-state index contributed by atoms with van der Waals surface area (Å²) in [6, 6.07) is 0. The molecule has 1 rings (SSSR count). The number of hydrogen-bond acceptors (Lipinski definition) is 8. The third-order valence-electron chi connectivity index (χ3n) is 2.85. The predicted octanol–water partition coefficient (Wildman–Crippen LogP) is 0.873. The van der Waals surface area contributed by atoms with E-state index in [0.29, 0.717) is 43.6 Å². The molecule has 22 heavy (non-hydrogen) atoms. The summed E-state index contributed by atoms with van der Waals surface area (Å²) >= 11 is 0. The highest BCUT2D eigenvalue weighted by atomic mass is 16.5. The first-order valence-corrected chi connectivity index (χ1v) is 7.25. The number of nitrogens with zero attached hydrogens (tertiary/aromatic N) is 3. The fourth-order valence-corrected chi connectivity index (χ4v) is 1.71. The molecule has 1 aromatic rings. The lowest BCUT2D eigenvalue weighted by Crippen LogP contribution is -2.40. The van der Waals surface area contributed by atoms with Gasteiger partial charge in [0.25, 0.3) is 0 Å². The van der Waals surface area contributed by atoms with E-state index in [0.717, 1.165) is 0 Å². The molecule has 0 saturated carbocycles. The third kappa shape index (κ3) is 6.00. The third-order valence-corrected chi connectivity index (χ3v) is 2.85. The summed E-state index contributed by atoms with van der Waals surface area (Å²) in [4.78, 5) is 10.5. The van der Waals surface area contributed by atoms with Crippen LogP contribution in [0.1, 0.15) is 20.8 Å². The molecule has 8 heteroatoms. The molecule has 1 aromatic heterocycles. The Balaban J connectivity index is 2.90. The summed E-state index contributed by atoms with van der Waals surface area (Å²) in [5, 5.41) is 0. The molecule has 0 bridgehead atoms. The van der Waals surface area contributed by atoms with E-state index in [2.05, 4.69) is 20.8 Å². The maximum atomic E-state index is 6.21. The number of methoxy groups -OCH3 is 2. The van der Waals surface area contributed by atoms with Crippen molar-refractivity contribution in [3.05, 3.63) is 6.33 Å². The van der Waals surface area contributed by atoms with Gasteiger partial charge in [-0.3, -0.25) is 0 Å². The lowest BCUT2D eigenvalue weighted by molar-refractivity contribution is 0.190. The van der Waals surface area contributed by atoms with Gasteiger partial charge < -0.3 is 25.5 Å². The Morgan fingerprint density at radius 3 is 2.23 bits per heavy atom. The van der Waals surface area contributed by atoms with Gasteiger partial charge in [-0.1, -0.05) is 0 Å². The molecule has 0 spiro atoms. The van der Waals surface area contributed by atoms with E-state index in [1.807, 2.05) is 25.7 Å². The number of nitrogens with two attached hydrogens (primary N) is 1. The number of nitrogen functional groups attached to an aromatic ring is 1. The number of hydrazine groups is 1. The largest absolute Gasteiger partial charge is 0.393 e. The Hall–Kier alpha value is -1.64. The number of anilines is 3. The van der Waals surface area contributed by atoms with Crippen LogP contribution in [0.2, 0.25) is 0 Å². The van der Waals surface area contributed by atoms with Crippen LogP contribution in [0.25, 0.3) is 0 Å². The quantitative estimate of drug-likeness (QED) is 0.578. The minimum Gasteiger partial charge on any atom is -0.393 e. The van der Waals surface area contributed by atoms with Crippen molar-refractivity contribution in [1.29, 1.82) is 0 Å². The fourth-order valence-electron chi connectivity index (χ4n) is 1.71. The molecule has 0 amide bonds. The normalized spacial score (nSPS) is 11.5. The molecule has 0 atom stereocenters. The molecule has 1 heterocycles. The van der Waals surface area contributed by atoms with Crippen LogP contribution in [0.15, 0.2) is 6.33 Å². The first kappa shape index (κ1) is 18.4. The van der Waals surface area contributed by atoms with E-state index in [9.17, 15) is 0 Å². The van der Waals surface area contributed by atoms with Crippen LogP contribution in [0.3, 0.4) is 0 Å². The van der Waals surface area contributed by atoms with Crippen LogP contribution in [0.5, 0.6) is 0 Å². The SMILES string of the molecule is COCCN(CCOC)c1ncnc(NNC(C)(C)C)c1N. The Morgan fingerprint density at radius 2 is 1.73 bits per heavy atom. The molecule has 4 N–H and O–H groups in total. The van der Waals surface area contributed by atoms with Crippen LogP contribution in [0.4, 0.5) is 17.3 Å². The monoisotopic (exact) mass is 312 g/mol. The second-order valence-electron chi connectivity index (χ2n) is 5.93. The van der Waals surface area contributed by atoms with Crippen LogP contribution in [0, 0.1) is 0 Å². The zero-order chi connectivity index (χ0) is 16.6. The summed E-state index contributed by atoms with van der Waals surface area (Å²) in [5.41, 5.74) is 12.8. The van der Waals surface area contributed by atoms with Crippen molar-refractivity contribution in [2.75, 3.05) is 56.6 Å². The zero-order valence-electron chi connectivity index (χ0n) is 14.1. The van der Waals surface area contributed by atoms with Crippen LogP contribution < -0.4 is 21.5 Å². The second kappa shape index (κ2) is 8.72. The van der Waals surface area contributed by atoms with Crippen molar-refractivity contribution in [3.8, 4) is 0 Å². The molecule has 126 valence electrons. The van der Waals surface area contributed by atoms with Crippen molar-refractivity contribution in [1.82, 2.24) is 15.4 Å². The lowest BCUT2D eigenvalue weighted by atomic mass is 10.1. The topological polar surface area (TPSA) is 97.6 Å². The van der Waals surface area contributed by atoms with Crippen LogP contribution in [-0.4, -0.2) is 56.0 Å². The van der Waals surface area contributed by atoms with E-state index < -0.39 is 0 Å². The van der Waals surface area contributed by atoms with E-state index in [4.69, 9.17) is 15.2 Å². The van der Waals surface area contributed by atoms with Crippen LogP contribution in [-0.2, 0) is 9.47 Å². The smallest absolute Gasteiger partial charge is 0.169 e. The molecule has 0 aromatic carbocycles. The van der Waals surface area contributed by atoms with Gasteiger partial charge in [-0.25, -0.2) is 15.4 Å². The highest BCUT2D eigenvalue weighted by Crippen LogP contribution is 2.25. The van der Waals surface area contributed by atoms with Gasteiger partial charge in [0, 0.05) is 32.8 Å². The molecule has 0 aliphatic carbocycles. The van der Waals surface area contributed by atoms with Crippen molar-refractivity contribution < 1.29 is 9.47 Å². The van der Waals surface area contributed by atoms with Gasteiger partial charge in [-0.15, -0.1) is 0 Å². The number of hydrogen-bond donors (Lipinski definition) is 3. The van der Waals surface area contributed by atoms with Gasteiger partial charge in [0.1, 0.15) is 12.0 Å². The highest BCUT2D eigenvalue weighted by Gasteiger charge is 2.16. The first-order chi connectivity index (χ1) is 10.4. The molecule has 0 radical (unpaired) electrons. The van der Waals surface area contributed by atoms with Gasteiger partial charge >= 0.3 is 0 Å². The molecule has 0 fully saturated rings. The van der Waals surface area contributed by atoms with Crippen LogP contribution >= 0.6 is 0 Å². The number of ether oxygens (including phenoxy) is 2. The summed E-state index contributed by atoms with van der Waals surface area (Å²) < 4.78 is 10.3. The minimum absolute atomic E-state index is 0.108. The predicted molar refractivity (Wildman–Crippen MR) is 88.9 cm³/mol. The molecular weight excluding hydrogens is 284 g/mol. The van der Waals surface area contributed by atoms with Gasteiger partial charge in [-0.05, 0) is 20.8 Å². The second-order valence-corrected chi connectivity index (χ2v) is 5.93. The Labute approximate surface area is 132 Å². The Kier molecular flexibility index (Phi) is 7.30. The van der Waals surface area contributed by atoms with Gasteiger partial charge in [-0.2, -0.15) is 0 Å². The molecule has 0 aliphatic rings. The zero-order valence-corrected chi connectivity index (χ0v) is 14.1. The van der Waals surface area contributed by atoms with Gasteiger partial charge in [0.05, 0.1) is 13.2 Å². The number of nitrogens with one attached hydrogen (secondary N) is 2.